The maximum Gasteiger partial charge on any atom is 0.242 e. The average molecular weight is 361 g/mol. The van der Waals surface area contributed by atoms with Crippen LogP contribution in [0.1, 0.15) is 36.2 Å². The van der Waals surface area contributed by atoms with Gasteiger partial charge in [-0.25, -0.2) is 27.8 Å². The quantitative estimate of drug-likeness (QED) is 0.745. The van der Waals surface area contributed by atoms with Gasteiger partial charge in [0.05, 0.1) is 11.7 Å². The fraction of sp³-hybridized carbons (Fsp3) is 0.467. The van der Waals surface area contributed by atoms with Crippen LogP contribution in [0.15, 0.2) is 17.2 Å². The highest BCUT2D eigenvalue weighted by Crippen LogP contribution is 2.26. The smallest absolute Gasteiger partial charge is 0.242 e. The number of aryl methyl sites for hydroxylation is 4. The second kappa shape index (κ2) is 5.60. The fourth-order valence-corrected chi connectivity index (χ4v) is 4.47. The van der Waals surface area contributed by atoms with Gasteiger partial charge in [0.2, 0.25) is 10.0 Å². The third-order valence-electron chi connectivity index (χ3n) is 4.43. The van der Waals surface area contributed by atoms with E-state index in [0.29, 0.717) is 23.7 Å². The molecule has 3 aromatic rings. The van der Waals surface area contributed by atoms with Crippen molar-refractivity contribution < 1.29 is 8.42 Å². The molecule has 9 nitrogen and oxygen atoms in total. The lowest BCUT2D eigenvalue weighted by Crippen LogP contribution is -2.33. The van der Waals surface area contributed by atoms with E-state index in [2.05, 4.69) is 24.9 Å². The molecule has 0 radical (unpaired) electrons. The second-order valence-electron chi connectivity index (χ2n) is 6.31. The van der Waals surface area contributed by atoms with Gasteiger partial charge in [0.15, 0.2) is 5.65 Å². The molecule has 4 rings (SSSR count). The molecular weight excluding hydrogens is 342 g/mol. The van der Waals surface area contributed by atoms with Crippen LogP contribution in [0.25, 0.3) is 11.0 Å². The molecule has 0 aromatic carbocycles. The SMILES string of the molecule is Cc1nc2n(n1)CCC[C@H]2NS(=O)(=O)c1cnc2c(c1)c(C)nn2C. The van der Waals surface area contributed by atoms with Crippen molar-refractivity contribution in [1.82, 2.24) is 34.3 Å². The van der Waals surface area contributed by atoms with E-state index in [1.807, 2.05) is 6.92 Å². The summed E-state index contributed by atoms with van der Waals surface area (Å²) in [4.78, 5) is 8.76. The summed E-state index contributed by atoms with van der Waals surface area (Å²) >= 11 is 0. The van der Waals surface area contributed by atoms with Crippen LogP contribution in [-0.4, -0.2) is 37.9 Å². The van der Waals surface area contributed by atoms with Crippen LogP contribution < -0.4 is 4.72 Å². The zero-order valence-corrected chi connectivity index (χ0v) is 15.1. The molecule has 4 heterocycles. The zero-order chi connectivity index (χ0) is 17.8. The molecule has 0 aliphatic carbocycles. The predicted molar refractivity (Wildman–Crippen MR) is 90.3 cm³/mol. The van der Waals surface area contributed by atoms with Gasteiger partial charge < -0.3 is 0 Å². The number of nitrogens with one attached hydrogen (secondary N) is 1. The summed E-state index contributed by atoms with van der Waals surface area (Å²) in [5, 5.41) is 9.32. The maximum atomic E-state index is 12.8. The highest BCUT2D eigenvalue weighted by molar-refractivity contribution is 7.89. The standard InChI is InChI=1S/C15H19N7O2S/c1-9-12-7-11(8-16-14(12)21(3)18-9)25(23,24)20-13-5-4-6-22-15(13)17-10(2)19-22/h7-8,13,20H,4-6H2,1-3H3/t13-/m1/s1. The van der Waals surface area contributed by atoms with Crippen molar-refractivity contribution in [2.24, 2.45) is 7.05 Å². The van der Waals surface area contributed by atoms with Crippen molar-refractivity contribution in [2.45, 2.75) is 44.2 Å². The Morgan fingerprint density at radius 1 is 1.28 bits per heavy atom. The van der Waals surface area contributed by atoms with Crippen LogP contribution in [-0.2, 0) is 23.6 Å². The number of rotatable bonds is 3. The molecule has 3 aromatic heterocycles. The predicted octanol–water partition coefficient (Wildman–Crippen LogP) is 0.990. The molecule has 132 valence electrons. The van der Waals surface area contributed by atoms with Crippen molar-refractivity contribution in [2.75, 3.05) is 0 Å². The minimum Gasteiger partial charge on any atom is -0.250 e. The van der Waals surface area contributed by atoms with Crippen molar-refractivity contribution in [3.63, 3.8) is 0 Å². The molecule has 0 saturated carbocycles. The summed E-state index contributed by atoms with van der Waals surface area (Å²) in [5.41, 5.74) is 1.40. The summed E-state index contributed by atoms with van der Waals surface area (Å²) in [7, 11) is -1.94. The lowest BCUT2D eigenvalue weighted by Gasteiger charge is -2.22. The Bertz CT molecular complexity index is 1070. The van der Waals surface area contributed by atoms with Crippen molar-refractivity contribution >= 4 is 21.1 Å². The minimum atomic E-state index is -3.72. The van der Waals surface area contributed by atoms with Crippen LogP contribution >= 0.6 is 0 Å². The van der Waals surface area contributed by atoms with Gasteiger partial charge in [0.25, 0.3) is 0 Å². The summed E-state index contributed by atoms with van der Waals surface area (Å²) in [6.07, 6.45) is 2.91. The van der Waals surface area contributed by atoms with Crippen LogP contribution in [0.2, 0.25) is 0 Å². The topological polar surface area (TPSA) is 108 Å². The van der Waals surface area contributed by atoms with Gasteiger partial charge in [-0.3, -0.25) is 4.68 Å². The number of sulfonamides is 1. The molecule has 0 saturated heterocycles. The van der Waals surface area contributed by atoms with E-state index in [4.69, 9.17) is 0 Å². The normalized spacial score (nSPS) is 17.8. The first-order chi connectivity index (χ1) is 11.8. The lowest BCUT2D eigenvalue weighted by atomic mass is 10.1. The monoisotopic (exact) mass is 361 g/mol. The number of pyridine rings is 1. The number of hydrogen-bond donors (Lipinski definition) is 1. The Balaban J connectivity index is 1.70. The molecule has 1 atom stereocenters. The van der Waals surface area contributed by atoms with Gasteiger partial charge in [0, 0.05) is 25.2 Å². The van der Waals surface area contributed by atoms with Crippen molar-refractivity contribution in [3.8, 4) is 0 Å². The van der Waals surface area contributed by atoms with Crippen molar-refractivity contribution in [1.29, 1.82) is 0 Å². The molecule has 1 N–H and O–H groups in total. The Kier molecular flexibility index (Phi) is 3.62. The van der Waals surface area contributed by atoms with Gasteiger partial charge in [-0.15, -0.1) is 0 Å². The van der Waals surface area contributed by atoms with Gasteiger partial charge in [0.1, 0.15) is 16.5 Å². The van der Waals surface area contributed by atoms with Gasteiger partial charge in [-0.1, -0.05) is 0 Å². The van der Waals surface area contributed by atoms with Crippen LogP contribution in [0.5, 0.6) is 0 Å². The average Bonchev–Trinajstić information content (AvgIpc) is 3.07. The maximum absolute atomic E-state index is 12.8. The Morgan fingerprint density at radius 2 is 2.08 bits per heavy atom. The Labute approximate surface area is 145 Å². The molecule has 0 unspecified atom stereocenters. The summed E-state index contributed by atoms with van der Waals surface area (Å²) < 4.78 is 31.9. The molecule has 0 spiro atoms. The highest BCUT2D eigenvalue weighted by Gasteiger charge is 2.29. The molecule has 0 fully saturated rings. The van der Waals surface area contributed by atoms with Crippen molar-refractivity contribution in [3.05, 3.63) is 29.6 Å². The zero-order valence-electron chi connectivity index (χ0n) is 14.3. The number of hydrogen-bond acceptors (Lipinski definition) is 6. The highest BCUT2D eigenvalue weighted by atomic mass is 32.2. The largest absolute Gasteiger partial charge is 0.250 e. The molecule has 1 aliphatic rings. The molecule has 0 amide bonds. The summed E-state index contributed by atoms with van der Waals surface area (Å²) in [6.45, 7) is 4.40. The third-order valence-corrected chi connectivity index (χ3v) is 5.86. The van der Waals surface area contributed by atoms with E-state index < -0.39 is 10.0 Å². The van der Waals surface area contributed by atoms with Gasteiger partial charge in [-0.2, -0.15) is 10.2 Å². The Morgan fingerprint density at radius 3 is 2.88 bits per heavy atom. The molecule has 1 aliphatic heterocycles. The first kappa shape index (κ1) is 16.2. The lowest BCUT2D eigenvalue weighted by molar-refractivity contribution is 0.399. The third kappa shape index (κ3) is 2.71. The summed E-state index contributed by atoms with van der Waals surface area (Å²) in [5.74, 6) is 1.31. The first-order valence-electron chi connectivity index (χ1n) is 8.08. The number of aromatic nitrogens is 6. The number of nitrogens with zero attached hydrogens (tertiary/aromatic N) is 6. The van der Waals surface area contributed by atoms with Gasteiger partial charge >= 0.3 is 0 Å². The van der Waals surface area contributed by atoms with E-state index in [1.165, 1.54) is 6.20 Å². The van der Waals surface area contributed by atoms with E-state index >= 15 is 0 Å². The molecule has 0 bridgehead atoms. The molecule has 25 heavy (non-hydrogen) atoms. The minimum absolute atomic E-state index is 0.129. The second-order valence-corrected chi connectivity index (χ2v) is 8.02. The van der Waals surface area contributed by atoms with Crippen LogP contribution in [0.4, 0.5) is 0 Å². The van der Waals surface area contributed by atoms with E-state index in [1.54, 1.807) is 29.4 Å². The Hall–Kier alpha value is -2.33. The molecule has 10 heteroatoms. The molecular formula is C15H19N7O2S. The fourth-order valence-electron chi connectivity index (χ4n) is 3.27. The first-order valence-corrected chi connectivity index (χ1v) is 9.56. The van der Waals surface area contributed by atoms with E-state index in [-0.39, 0.29) is 10.9 Å². The summed E-state index contributed by atoms with van der Waals surface area (Å²) in [6, 6.07) is 1.23. The van der Waals surface area contributed by atoms with Crippen LogP contribution in [0, 0.1) is 13.8 Å². The number of fused-ring (bicyclic) bond motifs is 2. The van der Waals surface area contributed by atoms with Gasteiger partial charge in [-0.05, 0) is 32.8 Å². The van der Waals surface area contributed by atoms with E-state index in [9.17, 15) is 8.42 Å². The van der Waals surface area contributed by atoms with E-state index in [0.717, 1.165) is 24.0 Å². The van der Waals surface area contributed by atoms with Crippen LogP contribution in [0.3, 0.4) is 0 Å².